The van der Waals surface area contributed by atoms with E-state index >= 15 is 4.39 Å². The van der Waals surface area contributed by atoms with E-state index in [1.165, 1.54) is 30.3 Å². The molecule has 12 heteroatoms. The van der Waals surface area contributed by atoms with Crippen molar-refractivity contribution in [2.75, 3.05) is 5.75 Å². The molecule has 9 nitrogen and oxygen atoms in total. The quantitative estimate of drug-likeness (QED) is 0.236. The Morgan fingerprint density at radius 3 is 2.50 bits per heavy atom. The van der Waals surface area contributed by atoms with Crippen LogP contribution in [-0.2, 0) is 29.4 Å². The molecular weight excluding hydrogens is 590 g/mol. The molecule has 3 aromatic carbocycles. The van der Waals surface area contributed by atoms with Crippen molar-refractivity contribution in [3.63, 3.8) is 0 Å². The smallest absolute Gasteiger partial charge is 0.335 e. The van der Waals surface area contributed by atoms with Gasteiger partial charge in [-0.15, -0.1) is 0 Å². The number of sulfone groups is 1. The number of imidazole rings is 1. The number of carbonyl (C=O) groups is 1. The van der Waals surface area contributed by atoms with E-state index in [-0.39, 0.29) is 47.9 Å². The van der Waals surface area contributed by atoms with Crippen molar-refractivity contribution >= 4 is 26.8 Å². The summed E-state index contributed by atoms with van der Waals surface area (Å²) in [7, 11) is -3.24. The number of rotatable bonds is 9. The molecule has 5 aromatic rings. The molecule has 3 heterocycles. The van der Waals surface area contributed by atoms with Gasteiger partial charge in [-0.2, -0.15) is 5.26 Å². The maximum atomic E-state index is 15.5. The third-order valence-corrected chi connectivity index (χ3v) is 9.88. The van der Waals surface area contributed by atoms with Gasteiger partial charge in [-0.3, -0.25) is 0 Å². The summed E-state index contributed by atoms with van der Waals surface area (Å²) in [6.45, 7) is -0.0154. The Bertz CT molecular complexity index is 2090. The monoisotopic (exact) mass is 614 g/mol. The molecule has 1 aliphatic rings. The van der Waals surface area contributed by atoms with Crippen molar-refractivity contribution < 1.29 is 31.8 Å². The van der Waals surface area contributed by atoms with Gasteiger partial charge in [-0.1, -0.05) is 24.3 Å². The van der Waals surface area contributed by atoms with E-state index in [9.17, 15) is 22.7 Å². The first kappa shape index (κ1) is 28.9. The van der Waals surface area contributed by atoms with Gasteiger partial charge in [0.05, 0.1) is 44.9 Å². The van der Waals surface area contributed by atoms with Gasteiger partial charge in [0.2, 0.25) is 5.88 Å². The largest absolute Gasteiger partial charge is 0.478 e. The second-order valence-electron chi connectivity index (χ2n) is 10.5. The molecule has 1 N–H and O–H groups in total. The second-order valence-corrected chi connectivity index (χ2v) is 12.9. The number of hydrogen-bond acceptors (Lipinski definition) is 7. The second kappa shape index (κ2) is 11.5. The zero-order valence-electron chi connectivity index (χ0n) is 23.1. The number of carboxylic acid groups (broad SMARTS) is 1. The number of carboxylic acids is 1. The average molecular weight is 615 g/mol. The van der Waals surface area contributed by atoms with Crippen LogP contribution < -0.4 is 4.74 Å². The predicted octanol–water partition coefficient (Wildman–Crippen LogP) is 5.30. The van der Waals surface area contributed by atoms with E-state index in [1.807, 2.05) is 6.07 Å². The van der Waals surface area contributed by atoms with Crippen molar-refractivity contribution in [2.45, 2.75) is 31.2 Å². The number of nitrogens with zero attached hydrogens (tertiary/aromatic N) is 4. The molecule has 1 unspecified atom stereocenters. The third-order valence-electron chi connectivity index (χ3n) is 7.67. The number of halogens is 2. The van der Waals surface area contributed by atoms with E-state index in [2.05, 4.69) is 9.97 Å². The summed E-state index contributed by atoms with van der Waals surface area (Å²) in [5.74, 6) is -1.50. The fourth-order valence-electron chi connectivity index (χ4n) is 5.09. The number of aromatic nitrogens is 3. The van der Waals surface area contributed by atoms with Crippen LogP contribution >= 0.6 is 0 Å². The molecule has 0 spiro atoms. The van der Waals surface area contributed by atoms with Crippen LogP contribution in [0.15, 0.2) is 72.8 Å². The maximum absolute atomic E-state index is 15.5. The van der Waals surface area contributed by atoms with Crippen molar-refractivity contribution in [2.24, 2.45) is 0 Å². The van der Waals surface area contributed by atoms with Crippen LogP contribution in [-0.4, -0.2) is 45.0 Å². The van der Waals surface area contributed by atoms with Gasteiger partial charge in [0.1, 0.15) is 24.1 Å². The first-order valence-corrected chi connectivity index (χ1v) is 15.3. The summed E-state index contributed by atoms with van der Waals surface area (Å²) in [5, 5.41) is 17.8. The number of benzene rings is 3. The van der Waals surface area contributed by atoms with E-state index in [4.69, 9.17) is 10.00 Å². The molecule has 0 saturated carbocycles. The zero-order valence-corrected chi connectivity index (χ0v) is 23.9. The molecular formula is C32H24F2N4O5S. The number of pyridine rings is 1. The number of fused-ring (bicyclic) bond motifs is 1. The van der Waals surface area contributed by atoms with Crippen LogP contribution in [0, 0.1) is 23.0 Å². The van der Waals surface area contributed by atoms with E-state index < -0.39 is 32.7 Å². The van der Waals surface area contributed by atoms with E-state index in [0.717, 1.165) is 6.07 Å². The molecule has 6 rings (SSSR count). The Morgan fingerprint density at radius 1 is 1.02 bits per heavy atom. The Kier molecular flexibility index (Phi) is 7.57. The third kappa shape index (κ3) is 5.74. The molecule has 1 fully saturated rings. The molecule has 0 amide bonds. The van der Waals surface area contributed by atoms with E-state index in [1.54, 1.807) is 41.0 Å². The highest BCUT2D eigenvalue weighted by Gasteiger charge is 2.36. The topological polar surface area (TPSA) is 135 Å². The number of hydrogen-bond donors (Lipinski definition) is 1. The van der Waals surface area contributed by atoms with Crippen LogP contribution in [0.4, 0.5) is 8.78 Å². The van der Waals surface area contributed by atoms with Crippen molar-refractivity contribution in [3.05, 3.63) is 113 Å². The minimum Gasteiger partial charge on any atom is -0.478 e. The van der Waals surface area contributed by atoms with Gasteiger partial charge in [0.15, 0.2) is 9.84 Å². The lowest BCUT2D eigenvalue weighted by atomic mass is 10.1. The van der Waals surface area contributed by atoms with Gasteiger partial charge in [-0.25, -0.2) is 32.0 Å². The molecule has 0 aliphatic carbocycles. The minimum atomic E-state index is -3.24. The van der Waals surface area contributed by atoms with Gasteiger partial charge < -0.3 is 14.4 Å². The van der Waals surface area contributed by atoms with Crippen LogP contribution in [0.25, 0.3) is 22.3 Å². The highest BCUT2D eigenvalue weighted by molar-refractivity contribution is 7.93. The fourth-order valence-corrected chi connectivity index (χ4v) is 6.42. The lowest BCUT2D eigenvalue weighted by Gasteiger charge is -2.27. The Balaban J connectivity index is 1.25. The summed E-state index contributed by atoms with van der Waals surface area (Å²) in [6.07, 6.45) is 0.532. The summed E-state index contributed by atoms with van der Waals surface area (Å²) in [5.41, 5.74) is 2.67. The predicted molar refractivity (Wildman–Crippen MR) is 157 cm³/mol. The SMILES string of the molecule is N#Cc1ccc(COc2cccc(-c3ccc(Cc4nc5ccc(C(=O)O)cc5n4CC4CCS4(=O)=O)c(F)c3)n2)c(F)c1. The molecule has 1 aliphatic heterocycles. The average Bonchev–Trinajstić information content (AvgIpc) is 3.35. The molecule has 0 bridgehead atoms. The van der Waals surface area contributed by atoms with Crippen LogP contribution in [0.2, 0.25) is 0 Å². The highest BCUT2D eigenvalue weighted by atomic mass is 32.2. The summed E-state index contributed by atoms with van der Waals surface area (Å²) in [4.78, 5) is 20.6. The lowest BCUT2D eigenvalue weighted by Crippen LogP contribution is -2.40. The first-order valence-electron chi connectivity index (χ1n) is 13.6. The van der Waals surface area contributed by atoms with Crippen LogP contribution in [0.3, 0.4) is 0 Å². The number of nitriles is 1. The van der Waals surface area contributed by atoms with Crippen LogP contribution in [0.1, 0.15) is 39.3 Å². The number of aromatic carboxylic acids is 1. The zero-order chi connectivity index (χ0) is 31.0. The van der Waals surface area contributed by atoms with Gasteiger partial charge in [-0.05, 0) is 54.4 Å². The Labute approximate surface area is 250 Å². The minimum absolute atomic E-state index is 0.0398. The highest BCUT2D eigenvalue weighted by Crippen LogP contribution is 2.29. The van der Waals surface area contributed by atoms with E-state index in [0.29, 0.717) is 40.1 Å². The molecule has 222 valence electrons. The fraction of sp³-hybridized carbons (Fsp3) is 0.188. The summed E-state index contributed by atoms with van der Waals surface area (Å²) in [6, 6.07) is 20.0. The van der Waals surface area contributed by atoms with Crippen molar-refractivity contribution in [1.82, 2.24) is 14.5 Å². The summed E-state index contributed by atoms with van der Waals surface area (Å²) < 4.78 is 61.6. The maximum Gasteiger partial charge on any atom is 0.335 e. The normalized spacial score (nSPS) is 15.4. The van der Waals surface area contributed by atoms with Crippen LogP contribution in [0.5, 0.6) is 5.88 Å². The molecule has 1 atom stereocenters. The molecule has 44 heavy (non-hydrogen) atoms. The van der Waals surface area contributed by atoms with Gasteiger partial charge >= 0.3 is 5.97 Å². The summed E-state index contributed by atoms with van der Waals surface area (Å²) >= 11 is 0. The van der Waals surface area contributed by atoms with Gasteiger partial charge in [0.25, 0.3) is 0 Å². The standard InChI is InChI=1S/C32H24F2N4O5S/c33-25-12-19(16-35)4-5-23(25)18-43-31-3-1-2-27(37-31)21-7-6-20(26(34)13-21)15-30-36-28-9-8-22(32(39)40)14-29(28)38(30)17-24-10-11-44(24,41)42/h1-9,12-14,24H,10-11,15,17-18H2,(H,39,40). The van der Waals surface area contributed by atoms with Gasteiger partial charge in [0, 0.05) is 30.2 Å². The number of ether oxygens (including phenoxy) is 1. The van der Waals surface area contributed by atoms with Crippen molar-refractivity contribution in [3.8, 4) is 23.2 Å². The Hall–Kier alpha value is -5.15. The lowest BCUT2D eigenvalue weighted by molar-refractivity contribution is 0.0697. The molecule has 2 aromatic heterocycles. The Morgan fingerprint density at radius 2 is 1.82 bits per heavy atom. The molecule has 1 saturated heterocycles. The molecule has 0 radical (unpaired) electrons. The first-order chi connectivity index (χ1) is 21.1. The van der Waals surface area contributed by atoms with Crippen molar-refractivity contribution in [1.29, 1.82) is 5.26 Å².